The van der Waals surface area contributed by atoms with Crippen LogP contribution in [0.1, 0.15) is 24.0 Å². The SMILES string of the molecule is NCc1cc(F)cc(CN2CCC(OCCO)CC2)c1. The molecule has 2 rings (SSSR count). The van der Waals surface area contributed by atoms with Crippen LogP contribution in [-0.4, -0.2) is 42.4 Å². The Bertz CT molecular complexity index is 420. The van der Waals surface area contributed by atoms with E-state index >= 15 is 0 Å². The van der Waals surface area contributed by atoms with Crippen molar-refractivity contribution in [3.05, 3.63) is 35.1 Å². The van der Waals surface area contributed by atoms with Gasteiger partial charge in [0.1, 0.15) is 5.82 Å². The molecule has 1 heterocycles. The quantitative estimate of drug-likeness (QED) is 0.824. The van der Waals surface area contributed by atoms with E-state index in [1.165, 1.54) is 6.07 Å². The van der Waals surface area contributed by atoms with Gasteiger partial charge in [-0.1, -0.05) is 6.07 Å². The number of likely N-dealkylation sites (tertiary alicyclic amines) is 1. The molecular formula is C15H23FN2O2. The summed E-state index contributed by atoms with van der Waals surface area (Å²) >= 11 is 0. The molecule has 20 heavy (non-hydrogen) atoms. The zero-order chi connectivity index (χ0) is 14.4. The van der Waals surface area contributed by atoms with Gasteiger partial charge in [-0.25, -0.2) is 4.39 Å². The Labute approximate surface area is 119 Å². The van der Waals surface area contributed by atoms with Crippen molar-refractivity contribution >= 4 is 0 Å². The molecule has 1 aliphatic heterocycles. The van der Waals surface area contributed by atoms with Crippen LogP contribution in [0.25, 0.3) is 0 Å². The zero-order valence-corrected chi connectivity index (χ0v) is 11.7. The average Bonchev–Trinajstić information content (AvgIpc) is 2.46. The van der Waals surface area contributed by atoms with Crippen molar-refractivity contribution in [3.8, 4) is 0 Å². The maximum atomic E-state index is 13.5. The third kappa shape index (κ3) is 4.52. The van der Waals surface area contributed by atoms with Crippen LogP contribution in [0.15, 0.2) is 18.2 Å². The Morgan fingerprint density at radius 1 is 1.25 bits per heavy atom. The molecule has 1 aromatic rings. The van der Waals surface area contributed by atoms with Crippen molar-refractivity contribution in [2.24, 2.45) is 5.73 Å². The first-order valence-corrected chi connectivity index (χ1v) is 7.14. The average molecular weight is 282 g/mol. The second-order valence-corrected chi connectivity index (χ2v) is 5.24. The van der Waals surface area contributed by atoms with E-state index in [1.807, 2.05) is 6.07 Å². The maximum absolute atomic E-state index is 13.5. The Balaban J connectivity index is 1.84. The van der Waals surface area contributed by atoms with Gasteiger partial charge in [0.05, 0.1) is 19.3 Å². The lowest BCUT2D eigenvalue weighted by atomic mass is 10.1. The van der Waals surface area contributed by atoms with E-state index in [0.717, 1.165) is 43.6 Å². The molecule has 1 saturated heterocycles. The van der Waals surface area contributed by atoms with Crippen molar-refractivity contribution in [2.45, 2.75) is 32.0 Å². The van der Waals surface area contributed by atoms with Gasteiger partial charge in [-0.15, -0.1) is 0 Å². The lowest BCUT2D eigenvalue weighted by Crippen LogP contribution is -2.36. The normalized spacial score (nSPS) is 17.6. The van der Waals surface area contributed by atoms with Gasteiger partial charge in [0, 0.05) is 26.2 Å². The number of hydrogen-bond acceptors (Lipinski definition) is 4. The summed E-state index contributed by atoms with van der Waals surface area (Å²) in [6.07, 6.45) is 2.16. The Morgan fingerprint density at radius 2 is 1.95 bits per heavy atom. The number of hydrogen-bond donors (Lipinski definition) is 2. The molecule has 112 valence electrons. The fourth-order valence-corrected chi connectivity index (χ4v) is 2.64. The first-order valence-electron chi connectivity index (χ1n) is 7.14. The Hall–Kier alpha value is -1.01. The van der Waals surface area contributed by atoms with Crippen LogP contribution in [-0.2, 0) is 17.8 Å². The Morgan fingerprint density at radius 3 is 2.60 bits per heavy atom. The van der Waals surface area contributed by atoms with E-state index in [4.69, 9.17) is 15.6 Å². The van der Waals surface area contributed by atoms with Gasteiger partial charge < -0.3 is 15.6 Å². The molecule has 0 aromatic heterocycles. The highest BCUT2D eigenvalue weighted by Gasteiger charge is 2.19. The van der Waals surface area contributed by atoms with Gasteiger partial charge in [0.2, 0.25) is 0 Å². The number of aliphatic hydroxyl groups is 1. The molecule has 5 heteroatoms. The maximum Gasteiger partial charge on any atom is 0.123 e. The number of benzene rings is 1. The second-order valence-electron chi connectivity index (χ2n) is 5.24. The fourth-order valence-electron chi connectivity index (χ4n) is 2.64. The lowest BCUT2D eigenvalue weighted by Gasteiger charge is -2.31. The molecule has 0 atom stereocenters. The molecule has 0 aliphatic carbocycles. The van der Waals surface area contributed by atoms with Crippen LogP contribution in [0.5, 0.6) is 0 Å². The van der Waals surface area contributed by atoms with Crippen molar-refractivity contribution in [1.82, 2.24) is 4.90 Å². The third-order valence-corrected chi connectivity index (χ3v) is 3.64. The van der Waals surface area contributed by atoms with Gasteiger partial charge in [0.15, 0.2) is 0 Å². The van der Waals surface area contributed by atoms with E-state index in [0.29, 0.717) is 13.2 Å². The highest BCUT2D eigenvalue weighted by Crippen LogP contribution is 2.17. The molecule has 0 radical (unpaired) electrons. The summed E-state index contributed by atoms with van der Waals surface area (Å²) in [5, 5.41) is 8.74. The summed E-state index contributed by atoms with van der Waals surface area (Å²) in [5.41, 5.74) is 7.38. The number of nitrogens with two attached hydrogens (primary N) is 1. The summed E-state index contributed by atoms with van der Waals surface area (Å²) in [6, 6.07) is 5.03. The smallest absolute Gasteiger partial charge is 0.123 e. The predicted molar refractivity (Wildman–Crippen MR) is 75.6 cm³/mol. The molecule has 0 spiro atoms. The molecule has 0 bridgehead atoms. The summed E-state index contributed by atoms with van der Waals surface area (Å²) in [7, 11) is 0. The zero-order valence-electron chi connectivity index (χ0n) is 11.7. The summed E-state index contributed by atoms with van der Waals surface area (Å²) in [5.74, 6) is -0.218. The summed E-state index contributed by atoms with van der Waals surface area (Å²) < 4.78 is 19.0. The fraction of sp³-hybridized carbons (Fsp3) is 0.600. The van der Waals surface area contributed by atoms with Crippen LogP contribution < -0.4 is 5.73 Å². The van der Waals surface area contributed by atoms with Gasteiger partial charge >= 0.3 is 0 Å². The molecule has 0 saturated carbocycles. The van der Waals surface area contributed by atoms with Crippen molar-refractivity contribution in [2.75, 3.05) is 26.3 Å². The number of rotatable bonds is 6. The second kappa shape index (κ2) is 7.69. The molecular weight excluding hydrogens is 259 g/mol. The van der Waals surface area contributed by atoms with E-state index < -0.39 is 0 Å². The molecule has 3 N–H and O–H groups in total. The number of halogens is 1. The Kier molecular flexibility index (Phi) is 5.91. The minimum absolute atomic E-state index is 0.0748. The molecule has 0 unspecified atom stereocenters. The predicted octanol–water partition coefficient (Wildman–Crippen LogP) is 1.26. The summed E-state index contributed by atoms with van der Waals surface area (Å²) in [4.78, 5) is 2.30. The van der Waals surface area contributed by atoms with Crippen LogP contribution >= 0.6 is 0 Å². The standard InChI is InChI=1S/C15H23FN2O2/c16-14-8-12(10-17)7-13(9-14)11-18-3-1-15(2-4-18)20-6-5-19/h7-9,15,19H,1-6,10-11,17H2. The third-order valence-electron chi connectivity index (χ3n) is 3.64. The molecule has 0 amide bonds. The summed E-state index contributed by atoms with van der Waals surface area (Å²) in [6.45, 7) is 3.47. The minimum Gasteiger partial charge on any atom is -0.394 e. The molecule has 1 aromatic carbocycles. The van der Waals surface area contributed by atoms with Gasteiger partial charge in [-0.05, 0) is 36.1 Å². The van der Waals surface area contributed by atoms with Crippen molar-refractivity contribution < 1.29 is 14.2 Å². The van der Waals surface area contributed by atoms with Crippen LogP contribution in [0, 0.1) is 5.82 Å². The van der Waals surface area contributed by atoms with E-state index in [1.54, 1.807) is 6.07 Å². The van der Waals surface area contributed by atoms with Gasteiger partial charge in [0.25, 0.3) is 0 Å². The van der Waals surface area contributed by atoms with Gasteiger partial charge in [-0.3, -0.25) is 4.90 Å². The lowest BCUT2D eigenvalue weighted by molar-refractivity contribution is -0.00902. The van der Waals surface area contributed by atoms with Crippen LogP contribution in [0.3, 0.4) is 0 Å². The number of nitrogens with zero attached hydrogens (tertiary/aromatic N) is 1. The highest BCUT2D eigenvalue weighted by molar-refractivity contribution is 5.24. The van der Waals surface area contributed by atoms with E-state index in [2.05, 4.69) is 4.90 Å². The first kappa shape index (κ1) is 15.4. The minimum atomic E-state index is -0.218. The van der Waals surface area contributed by atoms with Crippen molar-refractivity contribution in [1.29, 1.82) is 0 Å². The van der Waals surface area contributed by atoms with E-state index in [9.17, 15) is 4.39 Å². The largest absolute Gasteiger partial charge is 0.394 e. The molecule has 1 aliphatic rings. The monoisotopic (exact) mass is 282 g/mol. The number of aliphatic hydroxyl groups excluding tert-OH is 1. The van der Waals surface area contributed by atoms with Crippen LogP contribution in [0.2, 0.25) is 0 Å². The molecule has 4 nitrogen and oxygen atoms in total. The molecule has 1 fully saturated rings. The highest BCUT2D eigenvalue weighted by atomic mass is 19.1. The van der Waals surface area contributed by atoms with Crippen molar-refractivity contribution in [3.63, 3.8) is 0 Å². The number of ether oxygens (including phenoxy) is 1. The van der Waals surface area contributed by atoms with Crippen LogP contribution in [0.4, 0.5) is 4.39 Å². The number of piperidine rings is 1. The first-order chi connectivity index (χ1) is 9.71. The van der Waals surface area contributed by atoms with Gasteiger partial charge in [-0.2, -0.15) is 0 Å². The van der Waals surface area contributed by atoms with E-state index in [-0.39, 0.29) is 18.5 Å². The topological polar surface area (TPSA) is 58.7 Å².